The summed E-state index contributed by atoms with van der Waals surface area (Å²) in [5.41, 5.74) is 1.86. The van der Waals surface area contributed by atoms with E-state index in [1.807, 2.05) is 0 Å². The molecule has 144 valence electrons. The van der Waals surface area contributed by atoms with Crippen LogP contribution in [0.15, 0.2) is 30.3 Å². The molecule has 3 heteroatoms. The van der Waals surface area contributed by atoms with Crippen molar-refractivity contribution < 1.29 is 13.2 Å². The minimum absolute atomic E-state index is 0.0191. The smallest absolute Gasteiger partial charge is 0.137 e. The summed E-state index contributed by atoms with van der Waals surface area (Å²) in [5, 5.41) is 0. The fourth-order valence-electron chi connectivity index (χ4n) is 5.00. The van der Waals surface area contributed by atoms with Gasteiger partial charge in [0.25, 0.3) is 0 Å². The van der Waals surface area contributed by atoms with E-state index >= 15 is 4.39 Å². The van der Waals surface area contributed by atoms with Crippen molar-refractivity contribution in [3.8, 4) is 11.1 Å². The summed E-state index contributed by atoms with van der Waals surface area (Å²) in [6.45, 7) is 0. The molecule has 0 heterocycles. The van der Waals surface area contributed by atoms with E-state index in [0.717, 1.165) is 24.3 Å². The summed E-state index contributed by atoms with van der Waals surface area (Å²) in [5.74, 6) is -0.00386. The second-order valence-corrected chi connectivity index (χ2v) is 8.38. The van der Waals surface area contributed by atoms with E-state index < -0.39 is 17.5 Å². The van der Waals surface area contributed by atoms with Crippen LogP contribution in [0.25, 0.3) is 11.1 Å². The molecule has 1 unspecified atom stereocenters. The predicted octanol–water partition coefficient (Wildman–Crippen LogP) is 7.24. The van der Waals surface area contributed by atoms with Gasteiger partial charge < -0.3 is 0 Å². The minimum Gasteiger partial charge on any atom is -0.207 e. The number of fused-ring (bicyclic) bond motifs is 1. The third-order valence-electron chi connectivity index (χ3n) is 6.56. The highest BCUT2D eigenvalue weighted by molar-refractivity contribution is 5.67. The van der Waals surface area contributed by atoms with Gasteiger partial charge >= 0.3 is 0 Å². The van der Waals surface area contributed by atoms with Gasteiger partial charge in [-0.25, -0.2) is 13.2 Å². The largest absolute Gasteiger partial charge is 0.207 e. The van der Waals surface area contributed by atoms with Crippen LogP contribution in [-0.4, -0.2) is 0 Å². The van der Waals surface area contributed by atoms with Gasteiger partial charge in [0.05, 0.1) is 5.56 Å². The van der Waals surface area contributed by atoms with E-state index in [2.05, 4.69) is 0 Å². The Morgan fingerprint density at radius 2 is 1.52 bits per heavy atom. The van der Waals surface area contributed by atoms with E-state index in [1.54, 1.807) is 0 Å². The Morgan fingerprint density at radius 3 is 2.26 bits per heavy atom. The maximum Gasteiger partial charge on any atom is 0.137 e. The lowest BCUT2D eigenvalue weighted by Gasteiger charge is -2.28. The molecule has 2 aliphatic rings. The monoisotopic (exact) mass is 372 g/mol. The Bertz CT molecular complexity index is 788. The Morgan fingerprint density at radius 1 is 0.815 bits per heavy atom. The van der Waals surface area contributed by atoms with Crippen molar-refractivity contribution in [2.45, 2.75) is 64.2 Å². The first-order valence-corrected chi connectivity index (χ1v) is 10.4. The normalized spacial score (nSPS) is 20.5. The summed E-state index contributed by atoms with van der Waals surface area (Å²) in [6, 6.07) is 6.89. The molecule has 0 aromatic heterocycles. The quantitative estimate of drug-likeness (QED) is 0.531. The van der Waals surface area contributed by atoms with Gasteiger partial charge in [-0.05, 0) is 72.4 Å². The van der Waals surface area contributed by atoms with E-state index in [4.69, 9.17) is 0 Å². The predicted molar refractivity (Wildman–Crippen MR) is 103 cm³/mol. The highest BCUT2D eigenvalue weighted by Crippen LogP contribution is 2.38. The van der Waals surface area contributed by atoms with E-state index in [-0.39, 0.29) is 5.56 Å². The van der Waals surface area contributed by atoms with Crippen LogP contribution in [0.3, 0.4) is 0 Å². The fraction of sp³-hybridized carbons (Fsp3) is 0.500. The topological polar surface area (TPSA) is 0 Å². The first-order valence-electron chi connectivity index (χ1n) is 10.4. The first-order chi connectivity index (χ1) is 13.1. The Labute approximate surface area is 159 Å². The lowest BCUT2D eigenvalue weighted by Crippen LogP contribution is -2.18. The highest BCUT2D eigenvalue weighted by Gasteiger charge is 2.26. The van der Waals surface area contributed by atoms with E-state index in [0.29, 0.717) is 23.5 Å². The van der Waals surface area contributed by atoms with Gasteiger partial charge in [0.1, 0.15) is 17.5 Å². The van der Waals surface area contributed by atoms with Crippen LogP contribution in [-0.2, 0) is 12.8 Å². The summed E-state index contributed by atoms with van der Waals surface area (Å²) >= 11 is 0. The number of hydrogen-bond donors (Lipinski definition) is 0. The molecule has 1 saturated carbocycles. The van der Waals surface area contributed by atoms with Crippen molar-refractivity contribution >= 4 is 0 Å². The van der Waals surface area contributed by atoms with Crippen LogP contribution in [0.4, 0.5) is 13.2 Å². The molecule has 4 rings (SSSR count). The molecule has 0 amide bonds. The molecule has 27 heavy (non-hydrogen) atoms. The molecule has 0 aliphatic heterocycles. The second-order valence-electron chi connectivity index (χ2n) is 8.38. The molecule has 2 aliphatic carbocycles. The van der Waals surface area contributed by atoms with Crippen LogP contribution in [0.5, 0.6) is 0 Å². The van der Waals surface area contributed by atoms with Crippen molar-refractivity contribution in [1.29, 1.82) is 0 Å². The molecule has 0 radical (unpaired) electrons. The zero-order valence-corrected chi connectivity index (χ0v) is 15.7. The van der Waals surface area contributed by atoms with Crippen LogP contribution < -0.4 is 0 Å². The Kier molecular flexibility index (Phi) is 5.56. The van der Waals surface area contributed by atoms with Crippen LogP contribution in [0.2, 0.25) is 0 Å². The summed E-state index contributed by atoms with van der Waals surface area (Å²) in [4.78, 5) is 0. The number of benzene rings is 2. The Balaban J connectivity index is 1.50. The van der Waals surface area contributed by atoms with Gasteiger partial charge in [0.2, 0.25) is 0 Å². The zero-order chi connectivity index (χ0) is 18.8. The Hall–Kier alpha value is -1.77. The van der Waals surface area contributed by atoms with Crippen molar-refractivity contribution in [1.82, 2.24) is 0 Å². The van der Waals surface area contributed by atoms with Gasteiger partial charge in [-0.15, -0.1) is 0 Å². The summed E-state index contributed by atoms with van der Waals surface area (Å²) < 4.78 is 42.9. The third kappa shape index (κ3) is 4.07. The van der Waals surface area contributed by atoms with E-state index in [1.165, 1.54) is 75.3 Å². The SMILES string of the molecule is Fc1ccc(-c2c(F)cc3c(c2F)CCC(CCC2CCCCC2)C3)cc1. The minimum atomic E-state index is -0.536. The molecule has 1 atom stereocenters. The van der Waals surface area contributed by atoms with Gasteiger partial charge in [-0.3, -0.25) is 0 Å². The standard InChI is InChI=1S/C24H27F3/c25-20-11-9-18(10-12-20)23-22(26)15-19-14-17(8-13-21(19)24(23)27)7-6-16-4-2-1-3-5-16/h9-12,15-17H,1-8,13-14H2. The van der Waals surface area contributed by atoms with Crippen molar-refractivity contribution in [3.05, 3.63) is 58.9 Å². The average molecular weight is 372 g/mol. The van der Waals surface area contributed by atoms with Crippen LogP contribution in [0, 0.1) is 29.3 Å². The molecule has 2 aromatic rings. The van der Waals surface area contributed by atoms with Gasteiger partial charge in [0.15, 0.2) is 0 Å². The van der Waals surface area contributed by atoms with Crippen LogP contribution in [0.1, 0.15) is 62.5 Å². The van der Waals surface area contributed by atoms with Crippen molar-refractivity contribution in [2.24, 2.45) is 11.8 Å². The maximum atomic E-state index is 15.1. The lowest BCUT2D eigenvalue weighted by atomic mass is 9.77. The number of hydrogen-bond acceptors (Lipinski definition) is 0. The van der Waals surface area contributed by atoms with Gasteiger partial charge in [-0.2, -0.15) is 0 Å². The lowest BCUT2D eigenvalue weighted by molar-refractivity contribution is 0.296. The molecule has 0 bridgehead atoms. The second kappa shape index (κ2) is 8.08. The number of halogens is 3. The molecule has 2 aromatic carbocycles. The molecule has 0 saturated heterocycles. The van der Waals surface area contributed by atoms with Crippen LogP contribution >= 0.6 is 0 Å². The summed E-state index contributed by atoms with van der Waals surface area (Å²) in [6.07, 6.45) is 11.7. The van der Waals surface area contributed by atoms with Crippen molar-refractivity contribution in [2.75, 3.05) is 0 Å². The third-order valence-corrected chi connectivity index (χ3v) is 6.56. The molecule has 0 nitrogen and oxygen atoms in total. The van der Waals surface area contributed by atoms with Gasteiger partial charge in [0, 0.05) is 0 Å². The molecule has 0 N–H and O–H groups in total. The molecule has 0 spiro atoms. The van der Waals surface area contributed by atoms with Gasteiger partial charge in [-0.1, -0.05) is 50.7 Å². The maximum absolute atomic E-state index is 15.1. The highest BCUT2D eigenvalue weighted by atomic mass is 19.1. The fourth-order valence-corrected chi connectivity index (χ4v) is 5.00. The average Bonchev–Trinajstić information content (AvgIpc) is 2.68. The molecular weight excluding hydrogens is 345 g/mol. The molecule has 1 fully saturated rings. The van der Waals surface area contributed by atoms with Crippen molar-refractivity contribution in [3.63, 3.8) is 0 Å². The molecular formula is C24H27F3. The van der Waals surface area contributed by atoms with E-state index in [9.17, 15) is 8.78 Å². The summed E-state index contributed by atoms with van der Waals surface area (Å²) in [7, 11) is 0. The number of rotatable bonds is 4. The first kappa shape index (κ1) is 18.6. The zero-order valence-electron chi connectivity index (χ0n) is 15.7.